The Kier molecular flexibility index (Phi) is 4.62. The molecule has 0 aromatic heterocycles. The fourth-order valence-corrected chi connectivity index (χ4v) is 3.18. The van der Waals surface area contributed by atoms with Crippen LogP contribution in [0.25, 0.3) is 0 Å². The zero-order chi connectivity index (χ0) is 13.0. The summed E-state index contributed by atoms with van der Waals surface area (Å²) in [5.41, 5.74) is 0.168. The van der Waals surface area contributed by atoms with Gasteiger partial charge in [-0.15, -0.1) is 0 Å². The Morgan fingerprint density at radius 3 is 2.78 bits per heavy atom. The Morgan fingerprint density at radius 2 is 2.11 bits per heavy atom. The number of hydrogen-bond donors (Lipinski definition) is 1. The standard InChI is InChI=1S/C14H26N2O2/c1-16(2)13(17)5-9-15-12-6-10-18-14(11-12)7-3-4-8-14/h12,15H,3-11H2,1-2H3. The summed E-state index contributed by atoms with van der Waals surface area (Å²) in [6, 6.07) is 0.534. The number of amides is 1. The summed E-state index contributed by atoms with van der Waals surface area (Å²) in [7, 11) is 3.62. The summed E-state index contributed by atoms with van der Waals surface area (Å²) in [6.07, 6.45) is 7.87. The van der Waals surface area contributed by atoms with Crippen molar-refractivity contribution >= 4 is 5.91 Å². The van der Waals surface area contributed by atoms with Crippen molar-refractivity contribution < 1.29 is 9.53 Å². The lowest BCUT2D eigenvalue weighted by Gasteiger charge is -2.38. The van der Waals surface area contributed by atoms with Crippen LogP contribution in [0.2, 0.25) is 0 Å². The lowest BCUT2D eigenvalue weighted by atomic mass is 9.89. The van der Waals surface area contributed by atoms with E-state index in [0.29, 0.717) is 12.5 Å². The molecule has 1 amide bonds. The number of hydrogen-bond acceptors (Lipinski definition) is 3. The van der Waals surface area contributed by atoms with Gasteiger partial charge in [-0.1, -0.05) is 12.8 Å². The largest absolute Gasteiger partial charge is 0.375 e. The van der Waals surface area contributed by atoms with Crippen LogP contribution in [-0.2, 0) is 9.53 Å². The van der Waals surface area contributed by atoms with Gasteiger partial charge in [0, 0.05) is 39.7 Å². The van der Waals surface area contributed by atoms with Crippen LogP contribution in [-0.4, -0.2) is 49.7 Å². The van der Waals surface area contributed by atoms with Gasteiger partial charge in [-0.25, -0.2) is 0 Å². The second-order valence-electron chi connectivity index (χ2n) is 5.92. The van der Waals surface area contributed by atoms with Crippen molar-refractivity contribution in [3.8, 4) is 0 Å². The molecule has 1 N–H and O–H groups in total. The minimum atomic E-state index is 0.168. The third kappa shape index (κ3) is 3.45. The minimum absolute atomic E-state index is 0.168. The highest BCUT2D eigenvalue weighted by Gasteiger charge is 2.39. The molecule has 1 unspecified atom stereocenters. The van der Waals surface area contributed by atoms with Crippen molar-refractivity contribution in [1.82, 2.24) is 10.2 Å². The molecule has 1 aliphatic heterocycles. The number of nitrogens with one attached hydrogen (secondary N) is 1. The molecule has 4 nitrogen and oxygen atoms in total. The molecule has 1 aliphatic carbocycles. The molecule has 0 bridgehead atoms. The van der Waals surface area contributed by atoms with Crippen LogP contribution < -0.4 is 5.32 Å². The molecule has 104 valence electrons. The van der Waals surface area contributed by atoms with E-state index in [-0.39, 0.29) is 11.5 Å². The molecule has 4 heteroatoms. The predicted molar refractivity (Wildman–Crippen MR) is 71.5 cm³/mol. The summed E-state index contributed by atoms with van der Waals surface area (Å²) in [5.74, 6) is 0.199. The molecule has 1 spiro atoms. The van der Waals surface area contributed by atoms with E-state index in [2.05, 4.69) is 5.32 Å². The van der Waals surface area contributed by atoms with E-state index in [4.69, 9.17) is 4.74 Å². The van der Waals surface area contributed by atoms with Gasteiger partial charge < -0.3 is 15.0 Å². The predicted octanol–water partition coefficient (Wildman–Crippen LogP) is 1.55. The second-order valence-corrected chi connectivity index (χ2v) is 5.92. The fourth-order valence-electron chi connectivity index (χ4n) is 3.18. The lowest BCUT2D eigenvalue weighted by molar-refractivity contribution is -0.128. The van der Waals surface area contributed by atoms with Crippen LogP contribution in [0.3, 0.4) is 0 Å². The van der Waals surface area contributed by atoms with Crippen molar-refractivity contribution in [2.75, 3.05) is 27.2 Å². The van der Waals surface area contributed by atoms with Gasteiger partial charge in [-0.05, 0) is 25.7 Å². The molecule has 1 heterocycles. The Bertz CT molecular complexity index is 286. The number of nitrogens with zero attached hydrogens (tertiary/aromatic N) is 1. The molecule has 1 atom stereocenters. The highest BCUT2D eigenvalue weighted by atomic mass is 16.5. The molecule has 1 saturated carbocycles. The van der Waals surface area contributed by atoms with Gasteiger partial charge in [0.15, 0.2) is 0 Å². The second kappa shape index (κ2) is 6.02. The van der Waals surface area contributed by atoms with Gasteiger partial charge in [0.2, 0.25) is 5.91 Å². The zero-order valence-corrected chi connectivity index (χ0v) is 11.7. The maximum absolute atomic E-state index is 11.5. The summed E-state index contributed by atoms with van der Waals surface area (Å²) in [5, 5.41) is 3.53. The van der Waals surface area contributed by atoms with Crippen LogP contribution in [0.1, 0.15) is 44.9 Å². The van der Waals surface area contributed by atoms with Gasteiger partial charge in [0.25, 0.3) is 0 Å². The first-order valence-electron chi connectivity index (χ1n) is 7.19. The molecular weight excluding hydrogens is 228 g/mol. The van der Waals surface area contributed by atoms with E-state index in [9.17, 15) is 4.79 Å². The van der Waals surface area contributed by atoms with Crippen LogP contribution in [0, 0.1) is 0 Å². The summed E-state index contributed by atoms with van der Waals surface area (Å²) < 4.78 is 6.01. The first-order chi connectivity index (χ1) is 8.61. The smallest absolute Gasteiger partial charge is 0.223 e. The van der Waals surface area contributed by atoms with Gasteiger partial charge in [-0.3, -0.25) is 4.79 Å². The minimum Gasteiger partial charge on any atom is -0.375 e. The summed E-state index contributed by atoms with van der Waals surface area (Å²) >= 11 is 0. The van der Waals surface area contributed by atoms with Crippen molar-refractivity contribution in [3.05, 3.63) is 0 Å². The molecular formula is C14H26N2O2. The van der Waals surface area contributed by atoms with Crippen LogP contribution >= 0.6 is 0 Å². The summed E-state index contributed by atoms with van der Waals surface area (Å²) in [6.45, 7) is 1.66. The van der Waals surface area contributed by atoms with E-state index in [1.165, 1.54) is 25.7 Å². The Hall–Kier alpha value is -0.610. The summed E-state index contributed by atoms with van der Waals surface area (Å²) in [4.78, 5) is 13.2. The first-order valence-corrected chi connectivity index (χ1v) is 7.19. The molecule has 2 fully saturated rings. The van der Waals surface area contributed by atoms with Crippen molar-refractivity contribution in [2.45, 2.75) is 56.6 Å². The van der Waals surface area contributed by atoms with E-state index in [1.54, 1.807) is 4.90 Å². The average Bonchev–Trinajstić information content (AvgIpc) is 2.77. The number of carbonyl (C=O) groups excluding carboxylic acids is 1. The number of rotatable bonds is 4. The van der Waals surface area contributed by atoms with Gasteiger partial charge in [-0.2, -0.15) is 0 Å². The van der Waals surface area contributed by atoms with Crippen molar-refractivity contribution in [2.24, 2.45) is 0 Å². The highest BCUT2D eigenvalue weighted by molar-refractivity contribution is 5.75. The third-order valence-corrected chi connectivity index (χ3v) is 4.28. The van der Waals surface area contributed by atoms with E-state index in [0.717, 1.165) is 26.0 Å². The Balaban J connectivity index is 1.71. The normalized spacial score (nSPS) is 26.4. The van der Waals surface area contributed by atoms with Crippen molar-refractivity contribution in [1.29, 1.82) is 0 Å². The quantitative estimate of drug-likeness (QED) is 0.827. The van der Waals surface area contributed by atoms with Crippen LogP contribution in [0.5, 0.6) is 0 Å². The van der Waals surface area contributed by atoms with Crippen molar-refractivity contribution in [3.63, 3.8) is 0 Å². The monoisotopic (exact) mass is 254 g/mol. The van der Waals surface area contributed by atoms with Crippen LogP contribution in [0.4, 0.5) is 0 Å². The van der Waals surface area contributed by atoms with Gasteiger partial charge >= 0.3 is 0 Å². The van der Waals surface area contributed by atoms with Gasteiger partial charge in [0.05, 0.1) is 5.60 Å². The van der Waals surface area contributed by atoms with Gasteiger partial charge in [0.1, 0.15) is 0 Å². The molecule has 2 rings (SSSR count). The molecule has 1 saturated heterocycles. The third-order valence-electron chi connectivity index (χ3n) is 4.28. The maximum Gasteiger partial charge on any atom is 0.223 e. The SMILES string of the molecule is CN(C)C(=O)CCNC1CCOC2(CCCC2)C1. The highest BCUT2D eigenvalue weighted by Crippen LogP contribution is 2.39. The number of ether oxygens (including phenoxy) is 1. The molecule has 0 radical (unpaired) electrons. The topological polar surface area (TPSA) is 41.6 Å². The Labute approximate surface area is 110 Å². The van der Waals surface area contributed by atoms with E-state index < -0.39 is 0 Å². The molecule has 2 aliphatic rings. The fraction of sp³-hybridized carbons (Fsp3) is 0.929. The molecule has 0 aromatic rings. The maximum atomic E-state index is 11.5. The molecule has 18 heavy (non-hydrogen) atoms. The molecule has 0 aromatic carbocycles. The number of carbonyl (C=O) groups is 1. The van der Waals surface area contributed by atoms with E-state index >= 15 is 0 Å². The zero-order valence-electron chi connectivity index (χ0n) is 11.7. The lowest BCUT2D eigenvalue weighted by Crippen LogP contribution is -2.46. The average molecular weight is 254 g/mol. The van der Waals surface area contributed by atoms with Crippen LogP contribution in [0.15, 0.2) is 0 Å². The van der Waals surface area contributed by atoms with E-state index in [1.807, 2.05) is 14.1 Å². The first kappa shape index (κ1) is 13.8. The Morgan fingerprint density at radius 1 is 1.39 bits per heavy atom.